The Labute approximate surface area is 93.6 Å². The highest BCUT2D eigenvalue weighted by atomic mass is 16.3. The van der Waals surface area contributed by atoms with Gasteiger partial charge in [-0.05, 0) is 12.3 Å². The van der Waals surface area contributed by atoms with Crippen LogP contribution in [0.15, 0.2) is 36.4 Å². The van der Waals surface area contributed by atoms with Crippen molar-refractivity contribution in [2.24, 2.45) is 0 Å². The number of phenolic OH excluding ortho intramolecular Hbond substituents is 1. The van der Waals surface area contributed by atoms with E-state index in [4.69, 9.17) is 5.11 Å². The molecule has 2 aromatic carbocycles. The molecule has 0 amide bonds. The van der Waals surface area contributed by atoms with Crippen LogP contribution in [0, 0.1) is 0 Å². The molecule has 0 spiro atoms. The average molecular weight is 218 g/mol. The molecule has 1 unspecified atom stereocenters. The van der Waals surface area contributed by atoms with Gasteiger partial charge < -0.3 is 15.3 Å². The number of benzene rings is 2. The number of phenols is 1. The van der Waals surface area contributed by atoms with Gasteiger partial charge in [0, 0.05) is 10.9 Å². The van der Waals surface area contributed by atoms with Gasteiger partial charge in [0.2, 0.25) is 0 Å². The fraction of sp³-hybridized carbons (Fsp3) is 0.231. The van der Waals surface area contributed by atoms with Crippen LogP contribution in [0.4, 0.5) is 0 Å². The Hall–Kier alpha value is -1.58. The van der Waals surface area contributed by atoms with Crippen LogP contribution in [0.3, 0.4) is 0 Å². The predicted molar refractivity (Wildman–Crippen MR) is 62.3 cm³/mol. The van der Waals surface area contributed by atoms with Crippen LogP contribution in [0.5, 0.6) is 5.75 Å². The van der Waals surface area contributed by atoms with E-state index in [0.29, 0.717) is 10.9 Å². The minimum Gasteiger partial charge on any atom is -0.507 e. The molecule has 2 rings (SSSR count). The van der Waals surface area contributed by atoms with Crippen molar-refractivity contribution in [1.82, 2.24) is 0 Å². The van der Waals surface area contributed by atoms with Crippen LogP contribution in [-0.2, 0) is 5.60 Å². The summed E-state index contributed by atoms with van der Waals surface area (Å²) in [6, 6.07) is 10.8. The Kier molecular flexibility index (Phi) is 2.58. The predicted octanol–water partition coefficient (Wildman–Crippen LogP) is 1.75. The van der Waals surface area contributed by atoms with E-state index in [9.17, 15) is 10.2 Å². The number of aromatic hydroxyl groups is 1. The van der Waals surface area contributed by atoms with Gasteiger partial charge in [-0.3, -0.25) is 0 Å². The van der Waals surface area contributed by atoms with Gasteiger partial charge in [0.25, 0.3) is 0 Å². The van der Waals surface area contributed by atoms with Gasteiger partial charge in [0.05, 0.1) is 6.61 Å². The molecule has 0 fully saturated rings. The Bertz CT molecular complexity index is 518. The van der Waals surface area contributed by atoms with E-state index in [-0.39, 0.29) is 5.75 Å². The summed E-state index contributed by atoms with van der Waals surface area (Å²) >= 11 is 0. The second kappa shape index (κ2) is 3.77. The number of aliphatic hydroxyl groups excluding tert-OH is 1. The summed E-state index contributed by atoms with van der Waals surface area (Å²) in [6.07, 6.45) is 0. The minimum atomic E-state index is -1.42. The van der Waals surface area contributed by atoms with Crippen molar-refractivity contribution in [3.63, 3.8) is 0 Å². The molecule has 0 radical (unpaired) electrons. The van der Waals surface area contributed by atoms with Gasteiger partial charge in [-0.1, -0.05) is 36.4 Å². The zero-order valence-corrected chi connectivity index (χ0v) is 9.01. The lowest BCUT2D eigenvalue weighted by Crippen LogP contribution is -2.25. The number of rotatable bonds is 2. The zero-order valence-electron chi connectivity index (χ0n) is 9.01. The lowest BCUT2D eigenvalue weighted by atomic mass is 9.93. The number of aliphatic hydroxyl groups is 2. The molecule has 0 heterocycles. The number of fused-ring (bicyclic) bond motifs is 1. The first kappa shape index (κ1) is 10.9. The molecule has 0 saturated heterocycles. The maximum absolute atomic E-state index is 10.0. The van der Waals surface area contributed by atoms with E-state index in [2.05, 4.69) is 0 Å². The largest absolute Gasteiger partial charge is 0.507 e. The molecule has 0 aromatic heterocycles. The number of hydrogen-bond acceptors (Lipinski definition) is 3. The zero-order chi connectivity index (χ0) is 11.8. The fourth-order valence-electron chi connectivity index (χ4n) is 1.77. The summed E-state index contributed by atoms with van der Waals surface area (Å²) < 4.78 is 0. The Morgan fingerprint density at radius 3 is 2.50 bits per heavy atom. The van der Waals surface area contributed by atoms with Crippen molar-refractivity contribution in [2.75, 3.05) is 6.61 Å². The second-order valence-electron chi connectivity index (χ2n) is 4.11. The van der Waals surface area contributed by atoms with Crippen LogP contribution in [0.2, 0.25) is 0 Å². The van der Waals surface area contributed by atoms with Crippen LogP contribution < -0.4 is 0 Å². The first-order valence-electron chi connectivity index (χ1n) is 5.11. The van der Waals surface area contributed by atoms with E-state index in [1.807, 2.05) is 24.3 Å². The highest BCUT2D eigenvalue weighted by molar-refractivity contribution is 5.89. The summed E-state index contributed by atoms with van der Waals surface area (Å²) in [4.78, 5) is 0. The average Bonchev–Trinajstić information content (AvgIpc) is 2.29. The van der Waals surface area contributed by atoms with E-state index in [1.165, 1.54) is 6.92 Å². The molecule has 0 aliphatic carbocycles. The third kappa shape index (κ3) is 1.64. The molecule has 2 aromatic rings. The molecule has 3 nitrogen and oxygen atoms in total. The van der Waals surface area contributed by atoms with Gasteiger partial charge in [0.1, 0.15) is 11.4 Å². The van der Waals surface area contributed by atoms with Crippen molar-refractivity contribution in [3.8, 4) is 5.75 Å². The Balaban J connectivity index is 2.70. The molecule has 0 aliphatic rings. The summed E-state index contributed by atoms with van der Waals surface area (Å²) in [7, 11) is 0. The molecular formula is C13H14O3. The van der Waals surface area contributed by atoms with Crippen molar-refractivity contribution in [3.05, 3.63) is 42.0 Å². The maximum Gasteiger partial charge on any atom is 0.129 e. The highest BCUT2D eigenvalue weighted by Gasteiger charge is 2.26. The highest BCUT2D eigenvalue weighted by Crippen LogP contribution is 2.34. The van der Waals surface area contributed by atoms with Gasteiger partial charge >= 0.3 is 0 Å². The van der Waals surface area contributed by atoms with Gasteiger partial charge in [0.15, 0.2) is 0 Å². The van der Waals surface area contributed by atoms with Gasteiger partial charge in [-0.15, -0.1) is 0 Å². The van der Waals surface area contributed by atoms with Crippen LogP contribution in [0.25, 0.3) is 10.8 Å². The third-order valence-electron chi connectivity index (χ3n) is 2.79. The summed E-state index contributed by atoms with van der Waals surface area (Å²) in [5, 5.41) is 30.6. The van der Waals surface area contributed by atoms with E-state index in [0.717, 1.165) is 5.39 Å². The molecule has 0 aliphatic heterocycles. The van der Waals surface area contributed by atoms with Crippen LogP contribution in [0.1, 0.15) is 12.5 Å². The molecule has 84 valence electrons. The van der Waals surface area contributed by atoms with Crippen LogP contribution >= 0.6 is 0 Å². The number of hydrogen-bond donors (Lipinski definition) is 3. The normalized spacial score (nSPS) is 14.9. The first-order chi connectivity index (χ1) is 7.56. The van der Waals surface area contributed by atoms with Crippen molar-refractivity contribution in [1.29, 1.82) is 0 Å². The Morgan fingerprint density at radius 1 is 1.12 bits per heavy atom. The fourth-order valence-corrected chi connectivity index (χ4v) is 1.77. The standard InChI is InChI=1S/C13H14O3/c1-13(16,8-14)11-7-6-9-4-2-3-5-10(9)12(11)15/h2-7,14-16H,8H2,1H3. The van der Waals surface area contributed by atoms with E-state index in [1.54, 1.807) is 12.1 Å². The molecule has 0 saturated carbocycles. The topological polar surface area (TPSA) is 60.7 Å². The SMILES string of the molecule is CC(O)(CO)c1ccc2ccccc2c1O. The van der Waals surface area contributed by atoms with Gasteiger partial charge in [-0.2, -0.15) is 0 Å². The monoisotopic (exact) mass is 218 g/mol. The van der Waals surface area contributed by atoms with Gasteiger partial charge in [-0.25, -0.2) is 0 Å². The third-order valence-corrected chi connectivity index (χ3v) is 2.79. The molecule has 1 atom stereocenters. The minimum absolute atomic E-state index is 0.0251. The lowest BCUT2D eigenvalue weighted by Gasteiger charge is -2.22. The molecular weight excluding hydrogens is 204 g/mol. The summed E-state index contributed by atoms with van der Waals surface area (Å²) in [5.41, 5.74) is -1.08. The van der Waals surface area contributed by atoms with E-state index >= 15 is 0 Å². The van der Waals surface area contributed by atoms with E-state index < -0.39 is 12.2 Å². The van der Waals surface area contributed by atoms with Crippen molar-refractivity contribution < 1.29 is 15.3 Å². The molecule has 3 heteroatoms. The molecule has 0 bridgehead atoms. The molecule has 16 heavy (non-hydrogen) atoms. The maximum atomic E-state index is 10.0. The van der Waals surface area contributed by atoms with Crippen molar-refractivity contribution in [2.45, 2.75) is 12.5 Å². The summed E-state index contributed by atoms with van der Waals surface area (Å²) in [6.45, 7) is 1.04. The summed E-state index contributed by atoms with van der Waals surface area (Å²) in [5.74, 6) is 0.0251. The first-order valence-corrected chi connectivity index (χ1v) is 5.11. The molecule has 3 N–H and O–H groups in total. The van der Waals surface area contributed by atoms with Crippen molar-refractivity contribution >= 4 is 10.8 Å². The quantitative estimate of drug-likeness (QED) is 0.719. The van der Waals surface area contributed by atoms with Crippen LogP contribution in [-0.4, -0.2) is 21.9 Å². The Morgan fingerprint density at radius 2 is 1.81 bits per heavy atom. The lowest BCUT2D eigenvalue weighted by molar-refractivity contribution is -0.00381. The smallest absolute Gasteiger partial charge is 0.129 e. The second-order valence-corrected chi connectivity index (χ2v) is 4.11.